The monoisotopic (exact) mass is 170 g/mol. The Kier molecular flexibility index (Phi) is 5.23. The fraction of sp³-hybridized carbons (Fsp3) is 0.818. The molecule has 0 aliphatic heterocycles. The summed E-state index contributed by atoms with van der Waals surface area (Å²) in [5.41, 5.74) is -0.502. The van der Waals surface area contributed by atoms with Crippen molar-refractivity contribution in [1.82, 2.24) is 0 Å². The first kappa shape index (κ1) is 11.7. The molecule has 0 aromatic rings. The Morgan fingerprint density at radius 2 is 1.92 bits per heavy atom. The Bertz CT molecular complexity index is 123. The summed E-state index contributed by atoms with van der Waals surface area (Å²) in [4.78, 5) is 0. The molecule has 0 heterocycles. The van der Waals surface area contributed by atoms with E-state index in [1.807, 2.05) is 13.0 Å². The highest BCUT2D eigenvalue weighted by molar-refractivity contribution is 4.83. The molecule has 0 bridgehead atoms. The second-order valence-corrected chi connectivity index (χ2v) is 3.70. The quantitative estimate of drug-likeness (QED) is 0.607. The number of hydrogen-bond donors (Lipinski definition) is 1. The summed E-state index contributed by atoms with van der Waals surface area (Å²) in [6.07, 6.45) is 5.73. The van der Waals surface area contributed by atoms with Crippen LogP contribution in [0.4, 0.5) is 0 Å². The molecule has 0 aliphatic carbocycles. The van der Waals surface area contributed by atoms with Gasteiger partial charge in [-0.05, 0) is 25.7 Å². The van der Waals surface area contributed by atoms with Gasteiger partial charge >= 0.3 is 0 Å². The van der Waals surface area contributed by atoms with Crippen LogP contribution in [0.5, 0.6) is 0 Å². The molecule has 1 heteroatoms. The summed E-state index contributed by atoms with van der Waals surface area (Å²) < 4.78 is 0. The van der Waals surface area contributed by atoms with Gasteiger partial charge in [-0.15, -0.1) is 6.58 Å². The van der Waals surface area contributed by atoms with Crippen molar-refractivity contribution in [2.45, 2.75) is 52.1 Å². The van der Waals surface area contributed by atoms with Crippen LogP contribution < -0.4 is 0 Å². The topological polar surface area (TPSA) is 20.2 Å². The average molecular weight is 170 g/mol. The molecule has 0 radical (unpaired) electrons. The van der Waals surface area contributed by atoms with Gasteiger partial charge in [0.15, 0.2) is 0 Å². The van der Waals surface area contributed by atoms with Crippen LogP contribution in [0.25, 0.3) is 0 Å². The van der Waals surface area contributed by atoms with Gasteiger partial charge in [-0.25, -0.2) is 0 Å². The first-order chi connectivity index (χ1) is 5.58. The third-order valence-electron chi connectivity index (χ3n) is 2.72. The summed E-state index contributed by atoms with van der Waals surface area (Å²) in [5.74, 6) is 0.428. The minimum absolute atomic E-state index is 0.428. The summed E-state index contributed by atoms with van der Waals surface area (Å²) >= 11 is 0. The summed E-state index contributed by atoms with van der Waals surface area (Å²) in [5, 5.41) is 10.1. The molecule has 0 spiro atoms. The Morgan fingerprint density at radius 3 is 2.25 bits per heavy atom. The Labute approximate surface area is 76.5 Å². The van der Waals surface area contributed by atoms with Crippen LogP contribution in [-0.4, -0.2) is 10.7 Å². The Hall–Kier alpha value is -0.300. The number of allylic oxidation sites excluding steroid dienone is 1. The van der Waals surface area contributed by atoms with Crippen molar-refractivity contribution in [1.29, 1.82) is 0 Å². The third-order valence-corrected chi connectivity index (χ3v) is 2.72. The zero-order valence-electron chi connectivity index (χ0n) is 8.64. The van der Waals surface area contributed by atoms with Crippen LogP contribution in [0.2, 0.25) is 0 Å². The normalized spacial score (nSPS) is 16.1. The van der Waals surface area contributed by atoms with E-state index in [2.05, 4.69) is 20.4 Å². The summed E-state index contributed by atoms with van der Waals surface area (Å²) in [6, 6.07) is 0. The van der Waals surface area contributed by atoms with Crippen LogP contribution in [0.1, 0.15) is 46.5 Å². The second kappa shape index (κ2) is 5.36. The van der Waals surface area contributed by atoms with Gasteiger partial charge in [0.25, 0.3) is 0 Å². The minimum Gasteiger partial charge on any atom is -0.390 e. The lowest BCUT2D eigenvalue weighted by atomic mass is 9.82. The molecule has 1 unspecified atom stereocenters. The predicted molar refractivity (Wildman–Crippen MR) is 54.1 cm³/mol. The minimum atomic E-state index is -0.502. The van der Waals surface area contributed by atoms with E-state index in [0.717, 1.165) is 25.7 Å². The number of aliphatic hydroxyl groups is 1. The van der Waals surface area contributed by atoms with Crippen LogP contribution in [0, 0.1) is 5.92 Å². The maximum Gasteiger partial charge on any atom is 0.0650 e. The van der Waals surface area contributed by atoms with Crippen molar-refractivity contribution < 1.29 is 5.11 Å². The first-order valence-corrected chi connectivity index (χ1v) is 4.91. The zero-order valence-corrected chi connectivity index (χ0v) is 8.64. The van der Waals surface area contributed by atoms with Gasteiger partial charge < -0.3 is 5.11 Å². The lowest BCUT2D eigenvalue weighted by molar-refractivity contribution is -0.0112. The molecule has 0 rings (SSSR count). The summed E-state index contributed by atoms with van der Waals surface area (Å²) in [6.45, 7) is 9.87. The highest BCUT2D eigenvalue weighted by Gasteiger charge is 2.27. The van der Waals surface area contributed by atoms with Crippen LogP contribution in [0.15, 0.2) is 12.7 Å². The Morgan fingerprint density at radius 1 is 1.42 bits per heavy atom. The van der Waals surface area contributed by atoms with Crippen LogP contribution >= 0.6 is 0 Å². The highest BCUT2D eigenvalue weighted by atomic mass is 16.3. The van der Waals surface area contributed by atoms with Gasteiger partial charge in [-0.1, -0.05) is 32.8 Å². The molecule has 0 aromatic heterocycles. The molecule has 1 N–H and O–H groups in total. The largest absolute Gasteiger partial charge is 0.390 e. The molecule has 0 aliphatic rings. The standard InChI is InChI=1S/C11H22O/c1-5-8-9-11(4,12)10(6-2)7-3/h5,10,12H,1,6-9H2,2-4H3. The van der Waals surface area contributed by atoms with Crippen molar-refractivity contribution in [2.75, 3.05) is 0 Å². The van der Waals surface area contributed by atoms with Gasteiger partial charge in [-0.3, -0.25) is 0 Å². The lowest BCUT2D eigenvalue weighted by Gasteiger charge is -2.31. The number of hydrogen-bond acceptors (Lipinski definition) is 1. The number of rotatable bonds is 6. The van der Waals surface area contributed by atoms with E-state index in [1.165, 1.54) is 0 Å². The van der Waals surface area contributed by atoms with Gasteiger partial charge in [0, 0.05) is 0 Å². The molecule has 0 aromatic carbocycles. The van der Waals surface area contributed by atoms with E-state index < -0.39 is 5.60 Å². The molecular weight excluding hydrogens is 148 g/mol. The maximum absolute atomic E-state index is 10.1. The maximum atomic E-state index is 10.1. The van der Waals surface area contributed by atoms with Crippen LogP contribution in [0.3, 0.4) is 0 Å². The van der Waals surface area contributed by atoms with Gasteiger partial charge in [0.05, 0.1) is 5.60 Å². The molecule has 0 saturated heterocycles. The summed E-state index contributed by atoms with van der Waals surface area (Å²) in [7, 11) is 0. The van der Waals surface area contributed by atoms with Crippen molar-refractivity contribution >= 4 is 0 Å². The fourth-order valence-corrected chi connectivity index (χ4v) is 1.77. The van der Waals surface area contributed by atoms with Crippen molar-refractivity contribution in [2.24, 2.45) is 5.92 Å². The van der Waals surface area contributed by atoms with Crippen molar-refractivity contribution in [3.05, 3.63) is 12.7 Å². The van der Waals surface area contributed by atoms with Gasteiger partial charge in [0.2, 0.25) is 0 Å². The molecule has 1 atom stereocenters. The highest BCUT2D eigenvalue weighted by Crippen LogP contribution is 2.27. The fourth-order valence-electron chi connectivity index (χ4n) is 1.77. The Balaban J connectivity index is 4.04. The zero-order chi connectivity index (χ0) is 9.61. The van der Waals surface area contributed by atoms with Crippen LogP contribution in [-0.2, 0) is 0 Å². The smallest absolute Gasteiger partial charge is 0.0650 e. The third kappa shape index (κ3) is 3.40. The van der Waals surface area contributed by atoms with Crippen molar-refractivity contribution in [3.63, 3.8) is 0 Å². The predicted octanol–water partition coefficient (Wildman–Crippen LogP) is 3.14. The van der Waals surface area contributed by atoms with E-state index in [1.54, 1.807) is 0 Å². The molecule has 0 saturated carbocycles. The molecular formula is C11H22O. The molecule has 12 heavy (non-hydrogen) atoms. The van der Waals surface area contributed by atoms with E-state index >= 15 is 0 Å². The average Bonchev–Trinajstić information content (AvgIpc) is 2.03. The molecule has 72 valence electrons. The van der Waals surface area contributed by atoms with Gasteiger partial charge in [-0.2, -0.15) is 0 Å². The van der Waals surface area contributed by atoms with E-state index in [-0.39, 0.29) is 0 Å². The van der Waals surface area contributed by atoms with E-state index in [0.29, 0.717) is 5.92 Å². The van der Waals surface area contributed by atoms with Gasteiger partial charge in [0.1, 0.15) is 0 Å². The lowest BCUT2D eigenvalue weighted by Crippen LogP contribution is -2.33. The van der Waals surface area contributed by atoms with E-state index in [9.17, 15) is 5.11 Å². The molecule has 0 amide bonds. The SMILES string of the molecule is C=CCCC(C)(O)C(CC)CC. The first-order valence-electron chi connectivity index (χ1n) is 4.91. The van der Waals surface area contributed by atoms with E-state index in [4.69, 9.17) is 0 Å². The molecule has 0 fully saturated rings. The molecule has 1 nitrogen and oxygen atoms in total. The van der Waals surface area contributed by atoms with Crippen molar-refractivity contribution in [3.8, 4) is 0 Å². The second-order valence-electron chi connectivity index (χ2n) is 3.70.